The topological polar surface area (TPSA) is 89.1 Å². The van der Waals surface area contributed by atoms with Gasteiger partial charge in [0.05, 0.1) is 24.4 Å². The van der Waals surface area contributed by atoms with Crippen LogP contribution in [0.15, 0.2) is 28.4 Å². The Morgan fingerprint density at radius 2 is 2.10 bits per heavy atom. The zero-order valence-electron chi connectivity index (χ0n) is 19.2. The van der Waals surface area contributed by atoms with E-state index in [4.69, 9.17) is 13.9 Å². The van der Waals surface area contributed by atoms with Crippen molar-refractivity contribution in [2.75, 3.05) is 0 Å². The minimum atomic E-state index is -0.477. The maximum absolute atomic E-state index is 11.4. The Labute approximate surface area is 183 Å². The van der Waals surface area contributed by atoms with Crippen molar-refractivity contribution in [3.63, 3.8) is 0 Å². The van der Waals surface area contributed by atoms with Crippen LogP contribution in [0, 0.1) is 0 Å². The van der Waals surface area contributed by atoms with E-state index in [-0.39, 0.29) is 19.1 Å². The van der Waals surface area contributed by atoms with E-state index in [1.54, 1.807) is 13.2 Å². The van der Waals surface area contributed by atoms with Crippen molar-refractivity contribution in [1.29, 1.82) is 0 Å². The zero-order chi connectivity index (χ0) is 22.8. The van der Waals surface area contributed by atoms with Crippen LogP contribution in [0.2, 0.25) is 0 Å². The number of ether oxygens (including phenoxy) is 2. The summed E-state index contributed by atoms with van der Waals surface area (Å²) in [6.07, 6.45) is 6.70. The number of furan rings is 1. The summed E-state index contributed by atoms with van der Waals surface area (Å²) < 4.78 is 17.8. The van der Waals surface area contributed by atoms with Gasteiger partial charge in [-0.25, -0.2) is 0 Å². The first-order valence-electron chi connectivity index (χ1n) is 11.0. The van der Waals surface area contributed by atoms with Crippen LogP contribution in [-0.2, 0) is 22.7 Å². The molecule has 2 heterocycles. The third kappa shape index (κ3) is 4.96. The normalized spacial score (nSPS) is 20.9. The van der Waals surface area contributed by atoms with Gasteiger partial charge in [0.25, 0.3) is 0 Å². The van der Waals surface area contributed by atoms with Crippen LogP contribution in [0.5, 0.6) is 5.75 Å². The predicted octanol–water partition coefficient (Wildman–Crippen LogP) is 5.13. The molecule has 1 aromatic heterocycles. The highest BCUT2D eigenvalue weighted by Gasteiger charge is 2.43. The highest BCUT2D eigenvalue weighted by Crippen LogP contribution is 2.51. The second-order valence-electron chi connectivity index (χ2n) is 9.06. The van der Waals surface area contributed by atoms with E-state index < -0.39 is 17.7 Å². The van der Waals surface area contributed by atoms with E-state index in [9.17, 15) is 15.0 Å². The number of esters is 1. The summed E-state index contributed by atoms with van der Waals surface area (Å²) in [5, 5.41) is 20.7. The smallest absolute Gasteiger partial charge is 0.302 e. The first kappa shape index (κ1) is 23.4. The van der Waals surface area contributed by atoms with E-state index in [0.717, 1.165) is 30.2 Å². The minimum Gasteiger partial charge on any atom is -0.486 e. The monoisotopic (exact) mass is 430 g/mol. The van der Waals surface area contributed by atoms with Crippen molar-refractivity contribution < 1.29 is 28.9 Å². The average molecular weight is 431 g/mol. The Morgan fingerprint density at radius 1 is 1.35 bits per heavy atom. The SMILES string of the molecule is CC(=O)OCc1c(CO)cc2c3c(coc13)[C@@H](CC[C@H](C)O)[C@](C)(CCC=C(C)C)O2. The lowest BCUT2D eigenvalue weighted by atomic mass is 9.75. The van der Waals surface area contributed by atoms with Gasteiger partial charge in [0, 0.05) is 24.0 Å². The molecule has 170 valence electrons. The highest BCUT2D eigenvalue weighted by atomic mass is 16.5. The van der Waals surface area contributed by atoms with Crippen molar-refractivity contribution in [1.82, 2.24) is 0 Å². The van der Waals surface area contributed by atoms with Gasteiger partial charge in [0.15, 0.2) is 0 Å². The molecule has 0 saturated heterocycles. The molecule has 0 bridgehead atoms. The first-order valence-corrected chi connectivity index (χ1v) is 11.0. The molecule has 0 fully saturated rings. The van der Waals surface area contributed by atoms with Crippen LogP contribution in [0.3, 0.4) is 0 Å². The highest BCUT2D eigenvalue weighted by molar-refractivity contribution is 5.92. The Balaban J connectivity index is 2.08. The van der Waals surface area contributed by atoms with E-state index in [2.05, 4.69) is 26.8 Å². The molecule has 2 N–H and O–H groups in total. The molecule has 3 rings (SSSR count). The molecule has 6 heteroatoms. The van der Waals surface area contributed by atoms with Gasteiger partial charge in [-0.05, 0) is 65.0 Å². The van der Waals surface area contributed by atoms with Gasteiger partial charge in [-0.3, -0.25) is 4.79 Å². The summed E-state index contributed by atoms with van der Waals surface area (Å²) in [5.74, 6) is 0.336. The number of rotatable bonds is 9. The Hall–Kier alpha value is -2.31. The molecule has 0 amide bonds. The molecule has 0 radical (unpaired) electrons. The number of aliphatic hydroxyl groups excluding tert-OH is 2. The third-order valence-corrected chi connectivity index (χ3v) is 6.15. The molecule has 0 spiro atoms. The number of hydrogen-bond acceptors (Lipinski definition) is 6. The van der Waals surface area contributed by atoms with Crippen molar-refractivity contribution in [3.05, 3.63) is 40.7 Å². The Bertz CT molecular complexity index is 966. The largest absolute Gasteiger partial charge is 0.486 e. The molecule has 0 saturated carbocycles. The molecule has 6 nitrogen and oxygen atoms in total. The lowest BCUT2D eigenvalue weighted by Gasteiger charge is -2.42. The van der Waals surface area contributed by atoms with E-state index >= 15 is 0 Å². The summed E-state index contributed by atoms with van der Waals surface area (Å²) in [6, 6.07) is 1.84. The summed E-state index contributed by atoms with van der Waals surface area (Å²) in [6.45, 7) is 9.27. The van der Waals surface area contributed by atoms with Crippen LogP contribution in [-0.4, -0.2) is 27.9 Å². The summed E-state index contributed by atoms with van der Waals surface area (Å²) in [4.78, 5) is 11.4. The maximum atomic E-state index is 11.4. The second-order valence-corrected chi connectivity index (χ2v) is 9.06. The van der Waals surface area contributed by atoms with Gasteiger partial charge in [-0.2, -0.15) is 0 Å². The molecule has 0 unspecified atom stereocenters. The zero-order valence-corrected chi connectivity index (χ0v) is 19.2. The number of hydrogen-bond donors (Lipinski definition) is 2. The molecule has 2 aromatic rings. The van der Waals surface area contributed by atoms with Crippen LogP contribution >= 0.6 is 0 Å². The third-order valence-electron chi connectivity index (χ3n) is 6.15. The second kappa shape index (κ2) is 9.45. The van der Waals surface area contributed by atoms with Gasteiger partial charge >= 0.3 is 5.97 Å². The molecular formula is C25H34O6. The molecular weight excluding hydrogens is 396 g/mol. The van der Waals surface area contributed by atoms with Crippen molar-refractivity contribution in [2.24, 2.45) is 0 Å². The van der Waals surface area contributed by atoms with Crippen molar-refractivity contribution in [3.8, 4) is 5.75 Å². The van der Waals surface area contributed by atoms with Crippen molar-refractivity contribution in [2.45, 2.75) is 91.1 Å². The minimum absolute atomic E-state index is 0.0329. The molecule has 3 atom stereocenters. The molecule has 31 heavy (non-hydrogen) atoms. The molecule has 0 aliphatic carbocycles. The number of carbonyl (C=O) groups excluding carboxylic acids is 1. The Kier molecular flexibility index (Phi) is 7.12. The number of aliphatic hydroxyl groups is 2. The van der Waals surface area contributed by atoms with E-state index in [1.165, 1.54) is 12.5 Å². The average Bonchev–Trinajstić information content (AvgIpc) is 3.11. The van der Waals surface area contributed by atoms with Gasteiger partial charge in [-0.1, -0.05) is 11.6 Å². The van der Waals surface area contributed by atoms with Crippen molar-refractivity contribution >= 4 is 16.9 Å². The van der Waals surface area contributed by atoms with Gasteiger partial charge in [-0.15, -0.1) is 0 Å². The predicted molar refractivity (Wildman–Crippen MR) is 119 cm³/mol. The molecule has 1 aliphatic heterocycles. The summed E-state index contributed by atoms with van der Waals surface area (Å²) in [5.41, 5.74) is 3.71. The fourth-order valence-corrected chi connectivity index (χ4v) is 4.51. The van der Waals surface area contributed by atoms with Crippen LogP contribution in [0.4, 0.5) is 0 Å². The van der Waals surface area contributed by atoms with Gasteiger partial charge in [0.1, 0.15) is 23.5 Å². The van der Waals surface area contributed by atoms with Crippen LogP contribution in [0.1, 0.15) is 82.9 Å². The fourth-order valence-electron chi connectivity index (χ4n) is 4.51. The first-order chi connectivity index (χ1) is 14.7. The fraction of sp³-hybridized carbons (Fsp3) is 0.560. The number of allylic oxidation sites excluding steroid dienone is 2. The summed E-state index contributed by atoms with van der Waals surface area (Å²) in [7, 11) is 0. The maximum Gasteiger partial charge on any atom is 0.302 e. The lowest BCUT2D eigenvalue weighted by molar-refractivity contribution is -0.142. The molecule has 1 aliphatic rings. The van der Waals surface area contributed by atoms with E-state index in [0.29, 0.717) is 28.9 Å². The standard InChI is InChI=1S/C25H34O6/c1-15(2)7-6-10-25(5)21(9-8-16(3)27)20-14-30-24-19(13-29-17(4)28)18(12-26)11-22(31-25)23(20)24/h7,11,14,16,21,26-27H,6,8-10,12-13H2,1-5H3/t16-,21+,25-/m0/s1. The van der Waals surface area contributed by atoms with E-state index in [1.807, 2.05) is 6.07 Å². The lowest BCUT2D eigenvalue weighted by Crippen LogP contribution is -2.41. The number of benzene rings is 1. The summed E-state index contributed by atoms with van der Waals surface area (Å²) >= 11 is 0. The van der Waals surface area contributed by atoms with Gasteiger partial charge in [0.2, 0.25) is 0 Å². The number of carbonyl (C=O) groups is 1. The van der Waals surface area contributed by atoms with Crippen LogP contribution in [0.25, 0.3) is 11.0 Å². The van der Waals surface area contributed by atoms with Crippen LogP contribution < -0.4 is 4.74 Å². The Morgan fingerprint density at radius 3 is 2.71 bits per heavy atom. The molecule has 1 aromatic carbocycles. The van der Waals surface area contributed by atoms with Gasteiger partial charge < -0.3 is 24.1 Å². The quantitative estimate of drug-likeness (QED) is 0.423.